The van der Waals surface area contributed by atoms with E-state index in [1.807, 2.05) is 29.8 Å². The number of nitrogens with one attached hydrogen (secondary N) is 2. The van der Waals surface area contributed by atoms with Crippen LogP contribution < -0.4 is 26.0 Å². The highest BCUT2D eigenvalue weighted by molar-refractivity contribution is 5.77. The Morgan fingerprint density at radius 3 is 2.94 bits per heavy atom. The summed E-state index contributed by atoms with van der Waals surface area (Å²) < 4.78 is 13.5. The van der Waals surface area contributed by atoms with Crippen LogP contribution in [0.5, 0.6) is 5.75 Å². The number of hydrogen-bond acceptors (Lipinski definition) is 8. The standard InChI is InChI=1S/C26H29N7O2/c1-2-35-23-15-19(5-6-22(23)32-9-11-34-12-10-32)29-25-26-28-7-8-33(26)16-21(31-25)17-3-4-18-14-24(27)30-20(18)13-17/h3-8,13,15-16,24,30H,2,9-12,14,27H2,1H3,(H,29,31). The molecule has 180 valence electrons. The summed E-state index contributed by atoms with van der Waals surface area (Å²) in [5.41, 5.74) is 13.0. The summed E-state index contributed by atoms with van der Waals surface area (Å²) in [6.45, 7) is 5.75. The third-order valence-electron chi connectivity index (χ3n) is 6.43. The first-order valence-electron chi connectivity index (χ1n) is 12.0. The van der Waals surface area contributed by atoms with Gasteiger partial charge >= 0.3 is 0 Å². The van der Waals surface area contributed by atoms with Crippen molar-refractivity contribution in [2.24, 2.45) is 5.73 Å². The van der Waals surface area contributed by atoms with Crippen molar-refractivity contribution in [2.75, 3.05) is 48.4 Å². The van der Waals surface area contributed by atoms with Crippen LogP contribution in [0, 0.1) is 0 Å². The molecule has 0 spiro atoms. The fraction of sp³-hybridized carbons (Fsp3) is 0.308. The monoisotopic (exact) mass is 471 g/mol. The Balaban J connectivity index is 1.35. The lowest BCUT2D eigenvalue weighted by atomic mass is 10.1. The lowest BCUT2D eigenvalue weighted by Gasteiger charge is -2.30. The van der Waals surface area contributed by atoms with E-state index in [0.717, 1.165) is 72.4 Å². The van der Waals surface area contributed by atoms with Gasteiger partial charge in [-0.3, -0.25) is 0 Å². The number of ether oxygens (including phenoxy) is 2. The van der Waals surface area contributed by atoms with Crippen LogP contribution in [-0.4, -0.2) is 53.4 Å². The average Bonchev–Trinajstić information content (AvgIpc) is 3.50. The van der Waals surface area contributed by atoms with Gasteiger partial charge in [-0.05, 0) is 30.7 Å². The number of rotatable bonds is 6. The molecule has 2 aliphatic rings. The summed E-state index contributed by atoms with van der Waals surface area (Å²) >= 11 is 0. The van der Waals surface area contributed by atoms with Gasteiger partial charge < -0.3 is 35.1 Å². The van der Waals surface area contributed by atoms with Crippen molar-refractivity contribution in [1.82, 2.24) is 14.4 Å². The number of imidazole rings is 1. The summed E-state index contributed by atoms with van der Waals surface area (Å²) in [7, 11) is 0. The Bertz CT molecular complexity index is 1360. The molecule has 9 nitrogen and oxygen atoms in total. The zero-order valence-electron chi connectivity index (χ0n) is 19.7. The maximum atomic E-state index is 6.07. The average molecular weight is 472 g/mol. The molecule has 0 bridgehead atoms. The number of aromatic nitrogens is 3. The molecule has 4 aromatic rings. The van der Waals surface area contributed by atoms with Gasteiger partial charge in [0.05, 0.1) is 37.4 Å². The van der Waals surface area contributed by atoms with Crippen LogP contribution in [0.4, 0.5) is 22.9 Å². The maximum Gasteiger partial charge on any atom is 0.180 e. The Labute approximate surface area is 203 Å². The minimum Gasteiger partial charge on any atom is -0.492 e. The molecule has 0 saturated carbocycles. The van der Waals surface area contributed by atoms with Gasteiger partial charge in [0.25, 0.3) is 0 Å². The van der Waals surface area contributed by atoms with Gasteiger partial charge in [0.1, 0.15) is 5.75 Å². The minimum atomic E-state index is -0.0402. The molecule has 0 aliphatic carbocycles. The second-order valence-corrected chi connectivity index (χ2v) is 8.80. The van der Waals surface area contributed by atoms with E-state index in [9.17, 15) is 0 Å². The van der Waals surface area contributed by atoms with Crippen LogP contribution >= 0.6 is 0 Å². The first-order valence-corrected chi connectivity index (χ1v) is 12.0. The van der Waals surface area contributed by atoms with Crippen LogP contribution in [0.3, 0.4) is 0 Å². The van der Waals surface area contributed by atoms with Crippen molar-refractivity contribution < 1.29 is 9.47 Å². The number of hydrogen-bond donors (Lipinski definition) is 3. The second kappa shape index (κ2) is 9.09. The van der Waals surface area contributed by atoms with Crippen LogP contribution in [0.25, 0.3) is 16.9 Å². The summed E-state index contributed by atoms with van der Waals surface area (Å²) in [6.07, 6.45) is 6.50. The third kappa shape index (κ3) is 4.24. The Morgan fingerprint density at radius 1 is 1.20 bits per heavy atom. The molecule has 1 fully saturated rings. The van der Waals surface area contributed by atoms with Gasteiger partial charge in [-0.1, -0.05) is 12.1 Å². The van der Waals surface area contributed by atoms with E-state index in [-0.39, 0.29) is 6.17 Å². The molecular formula is C26H29N7O2. The molecule has 2 aromatic heterocycles. The number of anilines is 4. The van der Waals surface area contributed by atoms with Gasteiger partial charge in [0.2, 0.25) is 0 Å². The molecule has 2 aromatic carbocycles. The highest BCUT2D eigenvalue weighted by Crippen LogP contribution is 2.35. The van der Waals surface area contributed by atoms with Crippen molar-refractivity contribution in [1.29, 1.82) is 0 Å². The number of fused-ring (bicyclic) bond motifs is 2. The lowest BCUT2D eigenvalue weighted by Crippen LogP contribution is -2.36. The Kier molecular flexibility index (Phi) is 5.63. The predicted octanol–water partition coefficient (Wildman–Crippen LogP) is 3.63. The molecule has 1 unspecified atom stereocenters. The molecule has 4 heterocycles. The van der Waals surface area contributed by atoms with Crippen molar-refractivity contribution in [3.63, 3.8) is 0 Å². The zero-order chi connectivity index (χ0) is 23.8. The van der Waals surface area contributed by atoms with E-state index in [1.54, 1.807) is 6.20 Å². The van der Waals surface area contributed by atoms with E-state index < -0.39 is 0 Å². The van der Waals surface area contributed by atoms with Crippen LogP contribution in [0.15, 0.2) is 55.0 Å². The first-order chi connectivity index (χ1) is 17.2. The molecule has 35 heavy (non-hydrogen) atoms. The Morgan fingerprint density at radius 2 is 2.09 bits per heavy atom. The number of benzene rings is 2. The SMILES string of the molecule is CCOc1cc(Nc2nc(-c3ccc4c(c3)NC(N)C4)cn3ccnc23)ccc1N1CCOCC1. The molecule has 9 heteroatoms. The van der Waals surface area contributed by atoms with Gasteiger partial charge in [0, 0.05) is 61.1 Å². The van der Waals surface area contributed by atoms with E-state index in [1.165, 1.54) is 5.56 Å². The van der Waals surface area contributed by atoms with Gasteiger partial charge in [-0.15, -0.1) is 0 Å². The van der Waals surface area contributed by atoms with Crippen LogP contribution in [-0.2, 0) is 11.2 Å². The molecule has 6 rings (SSSR count). The fourth-order valence-corrected chi connectivity index (χ4v) is 4.76. The quantitative estimate of drug-likeness (QED) is 0.392. The summed E-state index contributed by atoms with van der Waals surface area (Å²) in [5.74, 6) is 1.52. The topological polar surface area (TPSA) is 102 Å². The number of nitrogens with two attached hydrogens (primary N) is 1. The summed E-state index contributed by atoms with van der Waals surface area (Å²) in [4.78, 5) is 11.8. The highest BCUT2D eigenvalue weighted by Gasteiger charge is 2.19. The third-order valence-corrected chi connectivity index (χ3v) is 6.43. The molecule has 0 amide bonds. The van der Waals surface area contributed by atoms with Crippen molar-refractivity contribution in [2.45, 2.75) is 19.5 Å². The highest BCUT2D eigenvalue weighted by atomic mass is 16.5. The second-order valence-electron chi connectivity index (χ2n) is 8.80. The van der Waals surface area contributed by atoms with Crippen molar-refractivity contribution >= 4 is 28.5 Å². The minimum absolute atomic E-state index is 0.0402. The number of nitrogens with zero attached hydrogens (tertiary/aromatic N) is 4. The number of morpholine rings is 1. The molecular weight excluding hydrogens is 442 g/mol. The summed E-state index contributed by atoms with van der Waals surface area (Å²) in [5, 5.41) is 6.81. The van der Waals surface area contributed by atoms with Crippen molar-refractivity contribution in [3.05, 3.63) is 60.6 Å². The molecule has 2 aliphatic heterocycles. The van der Waals surface area contributed by atoms with E-state index in [0.29, 0.717) is 12.4 Å². The van der Waals surface area contributed by atoms with Crippen LogP contribution in [0.1, 0.15) is 12.5 Å². The predicted molar refractivity (Wildman–Crippen MR) is 138 cm³/mol. The van der Waals surface area contributed by atoms with E-state index in [4.69, 9.17) is 20.2 Å². The lowest BCUT2D eigenvalue weighted by molar-refractivity contribution is 0.122. The van der Waals surface area contributed by atoms with E-state index in [2.05, 4.69) is 50.8 Å². The normalized spacial score (nSPS) is 17.3. The smallest absolute Gasteiger partial charge is 0.180 e. The molecule has 1 saturated heterocycles. The van der Waals surface area contributed by atoms with Crippen LogP contribution in [0.2, 0.25) is 0 Å². The van der Waals surface area contributed by atoms with Gasteiger partial charge in [-0.2, -0.15) is 0 Å². The maximum absolute atomic E-state index is 6.07. The fourth-order valence-electron chi connectivity index (χ4n) is 4.76. The first kappa shape index (κ1) is 21.7. The largest absolute Gasteiger partial charge is 0.492 e. The van der Waals surface area contributed by atoms with Gasteiger partial charge in [0.15, 0.2) is 11.5 Å². The zero-order valence-corrected chi connectivity index (χ0v) is 19.7. The summed E-state index contributed by atoms with van der Waals surface area (Å²) in [6, 6.07) is 12.5. The van der Waals surface area contributed by atoms with Gasteiger partial charge in [-0.25, -0.2) is 9.97 Å². The Hall–Kier alpha value is -3.82. The van der Waals surface area contributed by atoms with Crippen molar-refractivity contribution in [3.8, 4) is 17.0 Å². The molecule has 0 radical (unpaired) electrons. The van der Waals surface area contributed by atoms with E-state index >= 15 is 0 Å². The molecule has 1 atom stereocenters. The molecule has 4 N–H and O–H groups in total.